The molecule has 0 aliphatic heterocycles. The standard InChI is InChI=1S/C12H17N5/c1(6-13-10-2-3-10)7-14-11-5-9-17-12(16-11)4-8-15-17/h4-5,8-10,13H,1-3,6-7H2,(H,14,16). The van der Waals surface area contributed by atoms with Crippen molar-refractivity contribution >= 4 is 11.5 Å². The van der Waals surface area contributed by atoms with Crippen LogP contribution in [0.25, 0.3) is 5.65 Å². The summed E-state index contributed by atoms with van der Waals surface area (Å²) in [6.45, 7) is 2.05. The van der Waals surface area contributed by atoms with E-state index in [9.17, 15) is 0 Å². The first-order valence-corrected chi connectivity index (χ1v) is 6.19. The van der Waals surface area contributed by atoms with Gasteiger partial charge in [0.2, 0.25) is 0 Å². The monoisotopic (exact) mass is 231 g/mol. The molecule has 0 atom stereocenters. The highest BCUT2D eigenvalue weighted by Gasteiger charge is 2.19. The van der Waals surface area contributed by atoms with Gasteiger partial charge in [-0.3, -0.25) is 0 Å². The summed E-state index contributed by atoms with van der Waals surface area (Å²) in [6.07, 6.45) is 7.52. The van der Waals surface area contributed by atoms with Gasteiger partial charge in [0.15, 0.2) is 5.65 Å². The van der Waals surface area contributed by atoms with Gasteiger partial charge < -0.3 is 10.6 Å². The molecule has 17 heavy (non-hydrogen) atoms. The fraction of sp³-hybridized carbons (Fsp3) is 0.500. The van der Waals surface area contributed by atoms with Gasteiger partial charge in [0, 0.05) is 24.8 Å². The molecule has 90 valence electrons. The molecule has 3 rings (SSSR count). The summed E-state index contributed by atoms with van der Waals surface area (Å²) in [5.41, 5.74) is 0.881. The molecule has 1 fully saturated rings. The van der Waals surface area contributed by atoms with Crippen molar-refractivity contribution in [2.45, 2.75) is 25.3 Å². The van der Waals surface area contributed by atoms with Gasteiger partial charge in [0.1, 0.15) is 5.82 Å². The second kappa shape index (κ2) is 4.71. The summed E-state index contributed by atoms with van der Waals surface area (Å²) in [4.78, 5) is 4.45. The van der Waals surface area contributed by atoms with E-state index in [4.69, 9.17) is 0 Å². The molecule has 5 nitrogen and oxygen atoms in total. The Kier molecular flexibility index (Phi) is 2.92. The lowest BCUT2D eigenvalue weighted by Gasteiger charge is -2.06. The van der Waals surface area contributed by atoms with Crippen LogP contribution in [0.2, 0.25) is 0 Å². The van der Waals surface area contributed by atoms with Gasteiger partial charge in [-0.2, -0.15) is 5.10 Å². The van der Waals surface area contributed by atoms with Crippen molar-refractivity contribution < 1.29 is 0 Å². The first kappa shape index (κ1) is 10.5. The number of nitrogens with zero attached hydrogens (tertiary/aromatic N) is 3. The van der Waals surface area contributed by atoms with Gasteiger partial charge in [-0.15, -0.1) is 0 Å². The Morgan fingerprint density at radius 3 is 3.12 bits per heavy atom. The van der Waals surface area contributed by atoms with Crippen LogP contribution in [-0.2, 0) is 0 Å². The summed E-state index contributed by atoms with van der Waals surface area (Å²) in [6, 6.07) is 4.66. The van der Waals surface area contributed by atoms with Gasteiger partial charge >= 0.3 is 0 Å². The third-order valence-corrected chi connectivity index (χ3v) is 2.93. The molecule has 2 aromatic rings. The lowest BCUT2D eigenvalue weighted by molar-refractivity contribution is 0.658. The Labute approximate surface area is 100 Å². The molecular formula is C12H17N5. The maximum atomic E-state index is 4.45. The van der Waals surface area contributed by atoms with Gasteiger partial charge in [-0.05, 0) is 31.9 Å². The number of aromatic nitrogens is 3. The van der Waals surface area contributed by atoms with E-state index in [1.807, 2.05) is 18.3 Å². The Morgan fingerprint density at radius 2 is 2.24 bits per heavy atom. The third kappa shape index (κ3) is 2.74. The molecule has 2 N–H and O–H groups in total. The number of anilines is 1. The molecule has 5 heteroatoms. The van der Waals surface area contributed by atoms with Crippen LogP contribution in [-0.4, -0.2) is 33.7 Å². The van der Waals surface area contributed by atoms with Crippen LogP contribution < -0.4 is 10.6 Å². The molecule has 0 spiro atoms. The predicted octanol–water partition coefficient (Wildman–Crippen LogP) is 1.28. The van der Waals surface area contributed by atoms with Crippen LogP contribution >= 0.6 is 0 Å². The van der Waals surface area contributed by atoms with Crippen molar-refractivity contribution in [3.05, 3.63) is 24.5 Å². The van der Waals surface area contributed by atoms with E-state index in [-0.39, 0.29) is 0 Å². The smallest absolute Gasteiger partial charge is 0.157 e. The minimum Gasteiger partial charge on any atom is -0.370 e. The first-order valence-electron chi connectivity index (χ1n) is 6.19. The molecule has 0 amide bonds. The van der Waals surface area contributed by atoms with Crippen LogP contribution in [0.5, 0.6) is 0 Å². The van der Waals surface area contributed by atoms with E-state index in [2.05, 4.69) is 20.7 Å². The fourth-order valence-corrected chi connectivity index (χ4v) is 1.81. The molecule has 0 bridgehead atoms. The van der Waals surface area contributed by atoms with E-state index in [0.717, 1.165) is 37.0 Å². The number of rotatable bonds is 6. The Bertz CT molecular complexity index is 488. The van der Waals surface area contributed by atoms with Crippen LogP contribution in [0.1, 0.15) is 19.3 Å². The number of hydrogen-bond acceptors (Lipinski definition) is 4. The molecule has 0 saturated heterocycles. The molecule has 1 saturated carbocycles. The van der Waals surface area contributed by atoms with Crippen molar-refractivity contribution in [3.63, 3.8) is 0 Å². The average molecular weight is 231 g/mol. The van der Waals surface area contributed by atoms with E-state index in [1.54, 1.807) is 10.7 Å². The second-order valence-electron chi connectivity index (χ2n) is 4.46. The summed E-state index contributed by atoms with van der Waals surface area (Å²) in [5, 5.41) is 10.9. The van der Waals surface area contributed by atoms with Gasteiger partial charge in [-0.1, -0.05) is 0 Å². The zero-order chi connectivity index (χ0) is 11.5. The van der Waals surface area contributed by atoms with Crippen molar-refractivity contribution in [2.75, 3.05) is 18.4 Å². The van der Waals surface area contributed by atoms with E-state index >= 15 is 0 Å². The number of fused-ring (bicyclic) bond motifs is 1. The first-order chi connectivity index (χ1) is 8.42. The summed E-state index contributed by atoms with van der Waals surface area (Å²) in [7, 11) is 0. The average Bonchev–Trinajstić information content (AvgIpc) is 3.05. The molecule has 0 aromatic carbocycles. The molecule has 1 aliphatic carbocycles. The van der Waals surface area contributed by atoms with Crippen molar-refractivity contribution in [3.8, 4) is 0 Å². The minimum absolute atomic E-state index is 0.802. The summed E-state index contributed by atoms with van der Waals surface area (Å²) in [5.74, 6) is 0.921. The van der Waals surface area contributed by atoms with E-state index in [0.29, 0.717) is 0 Å². The zero-order valence-corrected chi connectivity index (χ0v) is 9.76. The highest BCUT2D eigenvalue weighted by Crippen LogP contribution is 2.18. The van der Waals surface area contributed by atoms with Crippen molar-refractivity contribution in [1.29, 1.82) is 0 Å². The van der Waals surface area contributed by atoms with Crippen LogP contribution in [0.3, 0.4) is 0 Å². The van der Waals surface area contributed by atoms with E-state index < -0.39 is 0 Å². The molecule has 0 radical (unpaired) electrons. The quantitative estimate of drug-likeness (QED) is 0.735. The largest absolute Gasteiger partial charge is 0.370 e. The SMILES string of the molecule is c1cc2nc(NCCCNC3CC3)ccn2n1. The Hall–Kier alpha value is -1.62. The molecular weight excluding hydrogens is 214 g/mol. The predicted molar refractivity (Wildman–Crippen MR) is 67.1 cm³/mol. The van der Waals surface area contributed by atoms with Crippen molar-refractivity contribution in [1.82, 2.24) is 19.9 Å². The molecule has 0 unspecified atom stereocenters. The number of nitrogens with one attached hydrogen (secondary N) is 2. The summed E-state index contributed by atoms with van der Waals surface area (Å²) >= 11 is 0. The fourth-order valence-electron chi connectivity index (χ4n) is 1.81. The zero-order valence-electron chi connectivity index (χ0n) is 9.76. The maximum absolute atomic E-state index is 4.45. The third-order valence-electron chi connectivity index (χ3n) is 2.93. The lowest BCUT2D eigenvalue weighted by atomic mass is 10.4. The molecule has 1 aliphatic rings. The lowest BCUT2D eigenvalue weighted by Crippen LogP contribution is -2.20. The van der Waals surface area contributed by atoms with Gasteiger partial charge in [-0.25, -0.2) is 9.50 Å². The Morgan fingerprint density at radius 1 is 1.29 bits per heavy atom. The van der Waals surface area contributed by atoms with Crippen LogP contribution in [0.4, 0.5) is 5.82 Å². The second-order valence-corrected chi connectivity index (χ2v) is 4.46. The number of hydrogen-bond donors (Lipinski definition) is 2. The van der Waals surface area contributed by atoms with Crippen LogP contribution in [0.15, 0.2) is 24.5 Å². The minimum atomic E-state index is 0.802. The summed E-state index contributed by atoms with van der Waals surface area (Å²) < 4.78 is 1.76. The highest BCUT2D eigenvalue weighted by molar-refractivity contribution is 5.45. The normalized spacial score (nSPS) is 15.3. The maximum Gasteiger partial charge on any atom is 0.157 e. The van der Waals surface area contributed by atoms with Gasteiger partial charge in [0.25, 0.3) is 0 Å². The topological polar surface area (TPSA) is 54.2 Å². The molecule has 2 aromatic heterocycles. The van der Waals surface area contributed by atoms with Crippen molar-refractivity contribution in [2.24, 2.45) is 0 Å². The van der Waals surface area contributed by atoms with E-state index in [1.165, 1.54) is 12.8 Å². The van der Waals surface area contributed by atoms with Crippen LogP contribution in [0, 0.1) is 0 Å². The highest BCUT2D eigenvalue weighted by atomic mass is 15.2. The van der Waals surface area contributed by atoms with Gasteiger partial charge in [0.05, 0.1) is 6.20 Å². The Balaban J connectivity index is 1.46. The molecule has 2 heterocycles.